The maximum Gasteiger partial charge on any atom is 0.0872 e. The fourth-order valence-electron chi connectivity index (χ4n) is 6.05. The van der Waals surface area contributed by atoms with E-state index >= 15 is 0 Å². The van der Waals surface area contributed by atoms with E-state index < -0.39 is 0 Å². The van der Waals surface area contributed by atoms with Crippen molar-refractivity contribution in [3.63, 3.8) is 0 Å². The zero-order chi connectivity index (χ0) is 14.0. The molecule has 1 aromatic carbocycles. The second-order valence-electron chi connectivity index (χ2n) is 8.01. The van der Waals surface area contributed by atoms with Crippen molar-refractivity contribution in [2.45, 2.75) is 56.9 Å². The van der Waals surface area contributed by atoms with Crippen LogP contribution in [0, 0.1) is 17.3 Å². The topological polar surface area (TPSA) is 27.6 Å². The lowest BCUT2D eigenvalue weighted by Gasteiger charge is -2.62. The van der Waals surface area contributed by atoms with Crippen LogP contribution in [-0.4, -0.2) is 6.04 Å². The van der Waals surface area contributed by atoms with Gasteiger partial charge in [-0.1, -0.05) is 23.7 Å². The van der Waals surface area contributed by atoms with Crippen LogP contribution >= 0.6 is 11.6 Å². The van der Waals surface area contributed by atoms with Gasteiger partial charge in [-0.3, -0.25) is 0 Å². The molecule has 4 aliphatic rings. The Labute approximate surface area is 126 Å². The molecule has 4 aliphatic carbocycles. The number of benzene rings is 1. The number of halogens is 1. The highest BCUT2D eigenvalue weighted by Gasteiger charge is 2.60. The number of hydrogen-bond donors (Lipinski definition) is 1. The minimum absolute atomic E-state index is 0.431. The molecule has 20 heavy (non-hydrogen) atoms. The zero-order valence-corrected chi connectivity index (χ0v) is 13.1. The van der Waals surface area contributed by atoms with E-state index in [9.17, 15) is 0 Å². The molecule has 0 spiro atoms. The van der Waals surface area contributed by atoms with Crippen molar-refractivity contribution in [2.75, 3.05) is 0 Å². The van der Waals surface area contributed by atoms with Crippen LogP contribution in [0.1, 0.15) is 51.0 Å². The predicted octanol–water partition coefficient (Wildman–Crippen LogP) is 3.81. The summed E-state index contributed by atoms with van der Waals surface area (Å²) in [5.74, 6) is 1.88. The molecule has 4 bridgehead atoms. The molecule has 0 saturated heterocycles. The van der Waals surface area contributed by atoms with Gasteiger partial charge in [-0.25, -0.2) is 0 Å². The first-order valence-electron chi connectivity index (χ1n) is 8.11. The highest BCUT2D eigenvalue weighted by molar-refractivity contribution is 6.30. The van der Waals surface area contributed by atoms with Crippen molar-refractivity contribution in [3.05, 3.63) is 34.9 Å². The summed E-state index contributed by atoms with van der Waals surface area (Å²) in [7, 11) is 0. The van der Waals surface area contributed by atoms with Crippen LogP contribution < -0.4 is 5.73 Å². The highest BCUT2D eigenvalue weighted by Crippen LogP contribution is 2.66. The standard InChI is InChI=1S/C18H24ClN/c1-12(20)17-7-13-6-14(8-17)10-18(9-13,11-17)15-2-4-16(19)5-3-15/h2-5,12-14H,6-11,20H2,1H3/p+1/t12-,13-,14+,17?,18?/m0/s1. The molecule has 108 valence electrons. The molecule has 0 heterocycles. The first-order valence-corrected chi connectivity index (χ1v) is 8.48. The molecule has 3 N–H and O–H groups in total. The van der Waals surface area contributed by atoms with Gasteiger partial charge in [0.05, 0.1) is 6.04 Å². The summed E-state index contributed by atoms with van der Waals surface area (Å²) in [5, 5.41) is 0.860. The lowest BCUT2D eigenvalue weighted by molar-refractivity contribution is -0.452. The Bertz CT molecular complexity index is 505. The van der Waals surface area contributed by atoms with Gasteiger partial charge in [-0.2, -0.15) is 0 Å². The molecule has 4 fully saturated rings. The molecule has 5 rings (SSSR count). The van der Waals surface area contributed by atoms with Crippen molar-refractivity contribution in [1.82, 2.24) is 0 Å². The first-order chi connectivity index (χ1) is 9.51. The maximum atomic E-state index is 6.09. The molecular formula is C18H25ClN+. The van der Waals surface area contributed by atoms with Crippen molar-refractivity contribution in [3.8, 4) is 0 Å². The van der Waals surface area contributed by atoms with Crippen LogP contribution in [0.5, 0.6) is 0 Å². The second-order valence-corrected chi connectivity index (χ2v) is 8.45. The van der Waals surface area contributed by atoms with E-state index in [2.05, 4.69) is 36.9 Å². The van der Waals surface area contributed by atoms with Crippen LogP contribution in [0.25, 0.3) is 0 Å². The molecule has 0 radical (unpaired) electrons. The van der Waals surface area contributed by atoms with Crippen molar-refractivity contribution in [2.24, 2.45) is 17.3 Å². The second kappa shape index (κ2) is 4.24. The van der Waals surface area contributed by atoms with Crippen LogP contribution in [0.3, 0.4) is 0 Å². The number of quaternary nitrogens is 1. The van der Waals surface area contributed by atoms with Gasteiger partial charge in [0.1, 0.15) is 0 Å². The quantitative estimate of drug-likeness (QED) is 0.858. The fraction of sp³-hybridized carbons (Fsp3) is 0.667. The van der Waals surface area contributed by atoms with Gasteiger partial charge in [-0.05, 0) is 80.4 Å². The van der Waals surface area contributed by atoms with Gasteiger partial charge in [0.2, 0.25) is 0 Å². The highest BCUT2D eigenvalue weighted by atomic mass is 35.5. The third-order valence-corrected chi connectivity index (χ3v) is 6.86. The molecule has 2 heteroatoms. The normalized spacial score (nSPS) is 43.8. The first kappa shape index (κ1) is 13.2. The average Bonchev–Trinajstić information content (AvgIpc) is 2.37. The zero-order valence-electron chi connectivity index (χ0n) is 12.4. The van der Waals surface area contributed by atoms with E-state index in [4.69, 9.17) is 11.6 Å². The largest absolute Gasteiger partial charge is 0.355 e. The molecule has 0 amide bonds. The Balaban J connectivity index is 1.77. The van der Waals surface area contributed by atoms with Crippen LogP contribution in [-0.2, 0) is 5.41 Å². The van der Waals surface area contributed by atoms with Gasteiger partial charge in [-0.15, -0.1) is 0 Å². The summed E-state index contributed by atoms with van der Waals surface area (Å²) < 4.78 is 0. The monoisotopic (exact) mass is 290 g/mol. The Morgan fingerprint density at radius 1 is 1.10 bits per heavy atom. The van der Waals surface area contributed by atoms with E-state index in [0.29, 0.717) is 16.9 Å². The molecule has 1 nitrogen and oxygen atoms in total. The van der Waals surface area contributed by atoms with Gasteiger partial charge >= 0.3 is 0 Å². The summed E-state index contributed by atoms with van der Waals surface area (Å²) >= 11 is 6.09. The maximum absolute atomic E-state index is 6.09. The molecule has 0 aromatic heterocycles. The summed E-state index contributed by atoms with van der Waals surface area (Å²) in [5.41, 5.74) is 6.94. The molecule has 2 unspecified atom stereocenters. The van der Waals surface area contributed by atoms with Crippen LogP contribution in [0.15, 0.2) is 24.3 Å². The van der Waals surface area contributed by atoms with E-state index in [1.54, 1.807) is 5.56 Å². The van der Waals surface area contributed by atoms with Crippen LogP contribution in [0.4, 0.5) is 0 Å². The van der Waals surface area contributed by atoms with E-state index in [-0.39, 0.29) is 0 Å². The summed E-state index contributed by atoms with van der Waals surface area (Å²) in [6.45, 7) is 2.35. The van der Waals surface area contributed by atoms with Gasteiger partial charge in [0, 0.05) is 10.4 Å². The van der Waals surface area contributed by atoms with E-state index in [1.165, 1.54) is 38.5 Å². The summed E-state index contributed by atoms with van der Waals surface area (Å²) in [6.07, 6.45) is 8.51. The molecule has 0 aliphatic heterocycles. The van der Waals surface area contributed by atoms with Gasteiger partial charge in [0.15, 0.2) is 0 Å². The fourth-order valence-corrected chi connectivity index (χ4v) is 6.18. The summed E-state index contributed by atoms with van der Waals surface area (Å²) in [6, 6.07) is 9.32. The Morgan fingerprint density at radius 2 is 1.70 bits per heavy atom. The minimum atomic E-state index is 0.431. The molecule has 4 saturated carbocycles. The third-order valence-electron chi connectivity index (χ3n) is 6.61. The number of hydrogen-bond acceptors (Lipinski definition) is 0. The lowest BCUT2D eigenvalue weighted by Crippen LogP contribution is -2.71. The van der Waals surface area contributed by atoms with E-state index in [0.717, 1.165) is 16.9 Å². The lowest BCUT2D eigenvalue weighted by atomic mass is 9.41. The SMILES string of the molecule is C[C@H]([NH3+])C12C[C@@H]3C[C@@H](CC(c4ccc(Cl)cc4)(C3)C1)C2. The smallest absolute Gasteiger partial charge is 0.0872 e. The third kappa shape index (κ3) is 1.79. The van der Waals surface area contributed by atoms with E-state index in [1.807, 2.05) is 0 Å². The Morgan fingerprint density at radius 3 is 2.25 bits per heavy atom. The summed E-state index contributed by atoms with van der Waals surface area (Å²) in [4.78, 5) is 0. The van der Waals surface area contributed by atoms with Gasteiger partial charge < -0.3 is 5.73 Å². The van der Waals surface area contributed by atoms with Crippen molar-refractivity contribution >= 4 is 11.6 Å². The minimum Gasteiger partial charge on any atom is -0.355 e. The van der Waals surface area contributed by atoms with Crippen molar-refractivity contribution < 1.29 is 5.73 Å². The van der Waals surface area contributed by atoms with Gasteiger partial charge in [0.25, 0.3) is 0 Å². The average molecular weight is 291 g/mol. The number of rotatable bonds is 2. The van der Waals surface area contributed by atoms with Crippen LogP contribution in [0.2, 0.25) is 5.02 Å². The Hall–Kier alpha value is -0.530. The predicted molar refractivity (Wildman–Crippen MR) is 82.6 cm³/mol. The Kier molecular flexibility index (Phi) is 2.79. The van der Waals surface area contributed by atoms with Crippen molar-refractivity contribution in [1.29, 1.82) is 0 Å². The molecule has 1 aromatic rings. The molecular weight excluding hydrogens is 266 g/mol. The molecule has 5 atom stereocenters.